The number of methoxy groups -OCH3 is 1. The third kappa shape index (κ3) is 3.90. The van der Waals surface area contributed by atoms with Gasteiger partial charge in [-0.1, -0.05) is 35.5 Å². The standard InChI is InChI=1S/C26H21FN4O3/c1-16-22(25-29-24(30-34-25)18-10-14-21(33-2)15-11-18)23(17-8-12-19(27)13-9-17)28-26(32)31(16)20-6-4-3-5-7-20/h3-15,23H,1-2H3,(H,28,32). The van der Waals surface area contributed by atoms with Crippen LogP contribution in [0.4, 0.5) is 14.9 Å². The van der Waals surface area contributed by atoms with Crippen LogP contribution in [-0.4, -0.2) is 23.3 Å². The molecule has 0 fully saturated rings. The Morgan fingerprint density at radius 3 is 2.38 bits per heavy atom. The van der Waals surface area contributed by atoms with E-state index in [9.17, 15) is 9.18 Å². The highest BCUT2D eigenvalue weighted by Gasteiger charge is 2.36. The first-order chi connectivity index (χ1) is 16.5. The molecule has 0 radical (unpaired) electrons. The number of hydrogen-bond acceptors (Lipinski definition) is 5. The molecular weight excluding hydrogens is 435 g/mol. The Labute approximate surface area is 195 Å². The zero-order valence-electron chi connectivity index (χ0n) is 18.5. The van der Waals surface area contributed by atoms with Crippen LogP contribution < -0.4 is 15.0 Å². The van der Waals surface area contributed by atoms with Gasteiger partial charge in [0.05, 0.1) is 24.4 Å². The summed E-state index contributed by atoms with van der Waals surface area (Å²) in [6.45, 7) is 1.83. The van der Waals surface area contributed by atoms with E-state index in [1.54, 1.807) is 24.1 Å². The number of para-hydroxylation sites is 1. The van der Waals surface area contributed by atoms with Gasteiger partial charge < -0.3 is 14.6 Å². The first kappa shape index (κ1) is 21.4. The third-order valence-electron chi connectivity index (χ3n) is 5.71. The SMILES string of the molecule is COc1ccc(-c2noc(C3=C(C)N(c4ccccc4)C(=O)NC3c3ccc(F)cc3)n2)cc1. The van der Waals surface area contributed by atoms with Gasteiger partial charge >= 0.3 is 6.03 Å². The normalized spacial score (nSPS) is 15.9. The molecule has 0 spiro atoms. The summed E-state index contributed by atoms with van der Waals surface area (Å²) in [5.74, 6) is 1.02. The van der Waals surface area contributed by atoms with Gasteiger partial charge in [-0.25, -0.2) is 9.18 Å². The van der Waals surface area contributed by atoms with Crippen LogP contribution in [0.2, 0.25) is 0 Å². The van der Waals surface area contributed by atoms with Gasteiger partial charge in [0.15, 0.2) is 0 Å². The van der Waals surface area contributed by atoms with Gasteiger partial charge in [0.25, 0.3) is 5.89 Å². The van der Waals surface area contributed by atoms with Crippen molar-refractivity contribution in [2.24, 2.45) is 0 Å². The lowest BCUT2D eigenvalue weighted by Gasteiger charge is -2.35. The molecule has 2 heterocycles. The maximum atomic E-state index is 13.6. The molecule has 1 aliphatic rings. The number of hydrogen-bond donors (Lipinski definition) is 1. The second-order valence-corrected chi connectivity index (χ2v) is 7.76. The second-order valence-electron chi connectivity index (χ2n) is 7.76. The number of rotatable bonds is 5. The molecule has 4 aromatic rings. The highest BCUT2D eigenvalue weighted by atomic mass is 19.1. The van der Waals surface area contributed by atoms with Crippen molar-refractivity contribution < 1.29 is 18.4 Å². The molecule has 1 atom stereocenters. The lowest BCUT2D eigenvalue weighted by Crippen LogP contribution is -2.46. The minimum absolute atomic E-state index is 0.263. The van der Waals surface area contributed by atoms with E-state index in [0.29, 0.717) is 28.3 Å². The predicted molar refractivity (Wildman–Crippen MR) is 125 cm³/mol. The molecule has 1 unspecified atom stereocenters. The number of anilines is 1. The molecule has 1 aromatic heterocycles. The van der Waals surface area contributed by atoms with Crippen molar-refractivity contribution >= 4 is 17.3 Å². The molecule has 34 heavy (non-hydrogen) atoms. The number of halogens is 1. The van der Waals surface area contributed by atoms with Gasteiger partial charge in [0.1, 0.15) is 11.6 Å². The van der Waals surface area contributed by atoms with Crippen molar-refractivity contribution in [3.05, 3.63) is 102 Å². The van der Waals surface area contributed by atoms with E-state index in [1.165, 1.54) is 12.1 Å². The highest BCUT2D eigenvalue weighted by molar-refractivity contribution is 6.01. The van der Waals surface area contributed by atoms with E-state index in [0.717, 1.165) is 11.3 Å². The Morgan fingerprint density at radius 2 is 1.71 bits per heavy atom. The zero-order chi connectivity index (χ0) is 23.7. The Balaban J connectivity index is 1.62. The third-order valence-corrected chi connectivity index (χ3v) is 5.71. The molecule has 2 amide bonds. The fourth-order valence-electron chi connectivity index (χ4n) is 4.00. The van der Waals surface area contributed by atoms with E-state index < -0.39 is 6.04 Å². The number of allylic oxidation sites excluding steroid dienone is 1. The monoisotopic (exact) mass is 456 g/mol. The fourth-order valence-corrected chi connectivity index (χ4v) is 4.00. The van der Waals surface area contributed by atoms with Crippen LogP contribution in [0.25, 0.3) is 17.0 Å². The van der Waals surface area contributed by atoms with Crippen LogP contribution in [-0.2, 0) is 0 Å². The molecular formula is C26H21FN4O3. The Kier molecular flexibility index (Phi) is 5.55. The van der Waals surface area contributed by atoms with Gasteiger partial charge in [-0.15, -0.1) is 0 Å². The van der Waals surface area contributed by atoms with Crippen molar-refractivity contribution in [1.29, 1.82) is 0 Å². The number of nitrogens with zero attached hydrogens (tertiary/aromatic N) is 3. The Bertz CT molecular complexity index is 1350. The van der Waals surface area contributed by atoms with Crippen molar-refractivity contribution in [2.45, 2.75) is 13.0 Å². The maximum absolute atomic E-state index is 13.6. The number of carbonyl (C=O) groups is 1. The minimum atomic E-state index is -0.600. The Morgan fingerprint density at radius 1 is 1.00 bits per heavy atom. The molecule has 0 bridgehead atoms. The first-order valence-corrected chi connectivity index (χ1v) is 10.7. The molecule has 7 nitrogen and oxygen atoms in total. The average molecular weight is 456 g/mol. The largest absolute Gasteiger partial charge is 0.497 e. The van der Waals surface area contributed by atoms with E-state index in [4.69, 9.17) is 9.26 Å². The summed E-state index contributed by atoms with van der Waals surface area (Å²) < 4.78 is 24.5. The van der Waals surface area contributed by atoms with Gasteiger partial charge in [0.2, 0.25) is 5.82 Å². The number of urea groups is 1. The zero-order valence-corrected chi connectivity index (χ0v) is 18.5. The van der Waals surface area contributed by atoms with E-state index >= 15 is 0 Å². The fraction of sp³-hybridized carbons (Fsp3) is 0.115. The summed E-state index contributed by atoms with van der Waals surface area (Å²) >= 11 is 0. The molecule has 3 aromatic carbocycles. The lowest BCUT2D eigenvalue weighted by molar-refractivity contribution is 0.244. The van der Waals surface area contributed by atoms with Crippen LogP contribution in [0, 0.1) is 5.82 Å². The molecule has 0 saturated carbocycles. The molecule has 170 valence electrons. The summed E-state index contributed by atoms with van der Waals surface area (Å²) in [6.07, 6.45) is 0. The number of carbonyl (C=O) groups excluding carboxylic acids is 1. The lowest BCUT2D eigenvalue weighted by atomic mass is 9.94. The summed E-state index contributed by atoms with van der Waals surface area (Å²) in [5, 5.41) is 7.16. The topological polar surface area (TPSA) is 80.5 Å². The predicted octanol–water partition coefficient (Wildman–Crippen LogP) is 5.59. The molecule has 8 heteroatoms. The average Bonchev–Trinajstić information content (AvgIpc) is 3.34. The number of benzene rings is 3. The first-order valence-electron chi connectivity index (χ1n) is 10.7. The quantitative estimate of drug-likeness (QED) is 0.424. The van der Waals surface area contributed by atoms with Crippen LogP contribution in [0.5, 0.6) is 5.75 Å². The second kappa shape index (κ2) is 8.82. The number of ether oxygens (including phenoxy) is 1. The van der Waals surface area contributed by atoms with Crippen molar-refractivity contribution in [1.82, 2.24) is 15.5 Å². The maximum Gasteiger partial charge on any atom is 0.326 e. The molecule has 5 rings (SSSR count). The van der Waals surface area contributed by atoms with E-state index in [2.05, 4.69) is 15.5 Å². The smallest absolute Gasteiger partial charge is 0.326 e. The van der Waals surface area contributed by atoms with Gasteiger partial charge in [0, 0.05) is 11.3 Å². The van der Waals surface area contributed by atoms with Crippen LogP contribution in [0.15, 0.2) is 89.1 Å². The van der Waals surface area contributed by atoms with Crippen molar-refractivity contribution in [2.75, 3.05) is 12.0 Å². The van der Waals surface area contributed by atoms with Gasteiger partial charge in [-0.2, -0.15) is 4.98 Å². The van der Waals surface area contributed by atoms with E-state index in [1.807, 2.05) is 61.5 Å². The molecule has 0 aliphatic carbocycles. The summed E-state index contributed by atoms with van der Waals surface area (Å²) in [5.41, 5.74) is 3.41. The molecule has 1 aliphatic heterocycles. The minimum Gasteiger partial charge on any atom is -0.497 e. The summed E-state index contributed by atoms with van der Waals surface area (Å²) in [4.78, 5) is 19.3. The molecule has 1 N–H and O–H groups in total. The van der Waals surface area contributed by atoms with Gasteiger partial charge in [-0.3, -0.25) is 4.90 Å². The highest BCUT2D eigenvalue weighted by Crippen LogP contribution is 2.39. The number of aromatic nitrogens is 2. The van der Waals surface area contributed by atoms with E-state index in [-0.39, 0.29) is 17.7 Å². The summed E-state index contributed by atoms with van der Waals surface area (Å²) in [7, 11) is 1.60. The van der Waals surface area contributed by atoms with Crippen LogP contribution >= 0.6 is 0 Å². The van der Waals surface area contributed by atoms with Crippen LogP contribution in [0.1, 0.15) is 24.4 Å². The number of amides is 2. The van der Waals surface area contributed by atoms with Gasteiger partial charge in [-0.05, 0) is 61.0 Å². The van der Waals surface area contributed by atoms with Crippen molar-refractivity contribution in [3.63, 3.8) is 0 Å². The molecule has 0 saturated heterocycles. The Hall–Kier alpha value is -4.46. The van der Waals surface area contributed by atoms with Crippen molar-refractivity contribution in [3.8, 4) is 17.1 Å². The number of nitrogens with one attached hydrogen (secondary N) is 1. The summed E-state index contributed by atoms with van der Waals surface area (Å²) in [6, 6.07) is 21.7. The van der Waals surface area contributed by atoms with Crippen LogP contribution in [0.3, 0.4) is 0 Å².